The van der Waals surface area contributed by atoms with Crippen LogP contribution in [0.25, 0.3) is 10.9 Å². The molecule has 5 nitrogen and oxygen atoms in total. The maximum absolute atomic E-state index is 10.3. The van der Waals surface area contributed by atoms with E-state index in [1.807, 2.05) is 18.2 Å². The highest BCUT2D eigenvalue weighted by Crippen LogP contribution is 2.36. The minimum Gasteiger partial charge on any atom is -0.497 e. The summed E-state index contributed by atoms with van der Waals surface area (Å²) in [6, 6.07) is 8.20. The Morgan fingerprint density at radius 2 is 2.36 bits per heavy atom. The van der Waals surface area contributed by atoms with Crippen molar-refractivity contribution < 1.29 is 14.6 Å². The monoisotopic (exact) mass is 302 g/mol. The Labute approximate surface area is 129 Å². The smallest absolute Gasteiger partial charge is 0.119 e. The Kier molecular flexibility index (Phi) is 3.36. The van der Waals surface area contributed by atoms with E-state index in [9.17, 15) is 5.11 Å². The van der Waals surface area contributed by atoms with Gasteiger partial charge in [0.2, 0.25) is 0 Å². The number of aromatic amines is 1. The number of hydrogen-bond donors (Lipinski definition) is 2. The second kappa shape index (κ2) is 5.26. The van der Waals surface area contributed by atoms with Gasteiger partial charge in [-0.15, -0.1) is 0 Å². The van der Waals surface area contributed by atoms with Crippen LogP contribution in [-0.2, 0) is 11.3 Å². The number of fused-ring (bicyclic) bond motifs is 1. The third kappa shape index (κ3) is 2.29. The summed E-state index contributed by atoms with van der Waals surface area (Å²) in [6.45, 7) is 3.07. The SMILES string of the molecule is COc1ccc2[nH]c(CN3C[C@H](O)[C@]4(CCCO4)C3)cc2c1. The van der Waals surface area contributed by atoms with Crippen molar-refractivity contribution in [2.75, 3.05) is 26.8 Å². The first-order chi connectivity index (χ1) is 10.7. The predicted molar refractivity (Wildman–Crippen MR) is 84.1 cm³/mol. The van der Waals surface area contributed by atoms with Crippen molar-refractivity contribution in [1.82, 2.24) is 9.88 Å². The van der Waals surface area contributed by atoms with Gasteiger partial charge in [0.1, 0.15) is 11.4 Å². The lowest BCUT2D eigenvalue weighted by Crippen LogP contribution is -2.40. The van der Waals surface area contributed by atoms with Crippen molar-refractivity contribution in [3.8, 4) is 5.75 Å². The molecule has 0 amide bonds. The topological polar surface area (TPSA) is 57.7 Å². The molecule has 0 saturated carbocycles. The van der Waals surface area contributed by atoms with Gasteiger partial charge < -0.3 is 19.6 Å². The summed E-state index contributed by atoms with van der Waals surface area (Å²) in [5.41, 5.74) is 1.95. The maximum Gasteiger partial charge on any atom is 0.119 e. The molecule has 2 aromatic rings. The second-order valence-corrected chi connectivity index (χ2v) is 6.45. The van der Waals surface area contributed by atoms with E-state index in [4.69, 9.17) is 9.47 Å². The van der Waals surface area contributed by atoms with Crippen molar-refractivity contribution in [1.29, 1.82) is 0 Å². The van der Waals surface area contributed by atoms with Gasteiger partial charge in [-0.2, -0.15) is 0 Å². The fraction of sp³-hybridized carbons (Fsp3) is 0.529. The molecule has 2 aliphatic heterocycles. The molecule has 2 saturated heterocycles. The van der Waals surface area contributed by atoms with Crippen molar-refractivity contribution in [3.63, 3.8) is 0 Å². The molecule has 22 heavy (non-hydrogen) atoms. The fourth-order valence-electron chi connectivity index (χ4n) is 3.81. The van der Waals surface area contributed by atoms with Crippen molar-refractivity contribution in [3.05, 3.63) is 30.0 Å². The van der Waals surface area contributed by atoms with Crippen LogP contribution >= 0.6 is 0 Å². The second-order valence-electron chi connectivity index (χ2n) is 6.45. The number of aliphatic hydroxyl groups is 1. The van der Waals surface area contributed by atoms with Gasteiger partial charge in [-0.25, -0.2) is 0 Å². The minimum atomic E-state index is -0.375. The Bertz CT molecular complexity index is 676. The standard InChI is InChI=1S/C17H22N2O3/c1-21-14-3-4-15-12(8-14)7-13(18-15)9-19-10-16(20)17(11-19)5-2-6-22-17/h3-4,7-8,16,18,20H,2,5-6,9-11H2,1H3/t16-,17-/m0/s1. The highest BCUT2D eigenvalue weighted by Gasteiger charge is 2.48. The molecule has 5 heteroatoms. The molecular formula is C17H22N2O3. The van der Waals surface area contributed by atoms with Gasteiger partial charge in [-0.1, -0.05) is 0 Å². The molecule has 1 aromatic carbocycles. The summed E-state index contributed by atoms with van der Waals surface area (Å²) in [4.78, 5) is 5.72. The highest BCUT2D eigenvalue weighted by atomic mass is 16.5. The average molecular weight is 302 g/mol. The number of aromatic nitrogens is 1. The molecule has 1 aromatic heterocycles. The zero-order chi connectivity index (χ0) is 15.2. The first-order valence-corrected chi connectivity index (χ1v) is 7.89. The van der Waals surface area contributed by atoms with Gasteiger partial charge in [0.05, 0.1) is 13.2 Å². The quantitative estimate of drug-likeness (QED) is 0.909. The molecule has 1 spiro atoms. The minimum absolute atomic E-state index is 0.324. The number of rotatable bonds is 3. The average Bonchev–Trinajstić information content (AvgIpc) is 3.19. The van der Waals surface area contributed by atoms with Crippen LogP contribution in [0.1, 0.15) is 18.5 Å². The first kappa shape index (κ1) is 14.1. The number of hydrogen-bond acceptors (Lipinski definition) is 4. The van der Waals surface area contributed by atoms with Gasteiger partial charge >= 0.3 is 0 Å². The lowest BCUT2D eigenvalue weighted by Gasteiger charge is -2.25. The van der Waals surface area contributed by atoms with Crippen LogP contribution in [0, 0.1) is 0 Å². The number of nitrogens with zero attached hydrogens (tertiary/aromatic N) is 1. The van der Waals surface area contributed by atoms with Crippen molar-refractivity contribution in [2.24, 2.45) is 0 Å². The predicted octanol–water partition coefficient (Wildman–Crippen LogP) is 1.90. The van der Waals surface area contributed by atoms with Gasteiger partial charge in [0, 0.05) is 42.8 Å². The summed E-state index contributed by atoms with van der Waals surface area (Å²) in [5, 5.41) is 11.5. The lowest BCUT2D eigenvalue weighted by atomic mass is 9.97. The number of nitrogens with one attached hydrogen (secondary N) is 1. The molecule has 0 unspecified atom stereocenters. The third-order valence-corrected chi connectivity index (χ3v) is 4.94. The van der Waals surface area contributed by atoms with Gasteiger partial charge in [0.25, 0.3) is 0 Å². The number of methoxy groups -OCH3 is 1. The van der Waals surface area contributed by atoms with Crippen LogP contribution in [-0.4, -0.2) is 53.5 Å². The van der Waals surface area contributed by atoms with Crippen LogP contribution in [0.4, 0.5) is 0 Å². The zero-order valence-electron chi connectivity index (χ0n) is 12.8. The van der Waals surface area contributed by atoms with Crippen molar-refractivity contribution in [2.45, 2.75) is 31.1 Å². The molecule has 2 atom stereocenters. The number of ether oxygens (including phenoxy) is 2. The van der Waals surface area contributed by atoms with E-state index >= 15 is 0 Å². The molecule has 118 valence electrons. The summed E-state index contributed by atoms with van der Waals surface area (Å²) >= 11 is 0. The third-order valence-electron chi connectivity index (χ3n) is 4.94. The lowest BCUT2D eigenvalue weighted by molar-refractivity contribution is -0.0593. The maximum atomic E-state index is 10.3. The Morgan fingerprint density at radius 3 is 3.14 bits per heavy atom. The highest BCUT2D eigenvalue weighted by molar-refractivity contribution is 5.81. The van der Waals surface area contributed by atoms with Gasteiger partial charge in [-0.3, -0.25) is 4.90 Å². The van der Waals surface area contributed by atoms with E-state index in [2.05, 4.69) is 16.0 Å². The summed E-state index contributed by atoms with van der Waals surface area (Å²) in [5.74, 6) is 0.868. The van der Waals surface area contributed by atoms with Crippen molar-refractivity contribution >= 4 is 10.9 Å². The van der Waals surface area contributed by atoms with Crippen LogP contribution < -0.4 is 4.74 Å². The fourth-order valence-corrected chi connectivity index (χ4v) is 3.81. The Balaban J connectivity index is 1.52. The van der Waals surface area contributed by atoms with Crippen LogP contribution in [0.15, 0.2) is 24.3 Å². The molecule has 2 fully saturated rings. The zero-order valence-corrected chi connectivity index (χ0v) is 12.8. The van der Waals surface area contributed by atoms with Gasteiger partial charge in [-0.05, 0) is 37.1 Å². The number of likely N-dealkylation sites (tertiary alicyclic amines) is 1. The van der Waals surface area contributed by atoms with Crippen LogP contribution in [0.5, 0.6) is 5.75 Å². The molecule has 0 radical (unpaired) electrons. The van der Waals surface area contributed by atoms with E-state index < -0.39 is 0 Å². The van der Waals surface area contributed by atoms with Crippen LogP contribution in [0.3, 0.4) is 0 Å². The van der Waals surface area contributed by atoms with Gasteiger partial charge in [0.15, 0.2) is 0 Å². The largest absolute Gasteiger partial charge is 0.497 e. The molecule has 3 heterocycles. The first-order valence-electron chi connectivity index (χ1n) is 7.89. The molecule has 0 aliphatic carbocycles. The molecule has 4 rings (SSSR count). The number of β-amino-alcohol motifs (C(OH)–C–C–N with tert-alkyl or cyclic N) is 1. The number of benzene rings is 1. The Morgan fingerprint density at radius 1 is 1.45 bits per heavy atom. The van der Waals surface area contributed by atoms with E-state index in [1.165, 1.54) is 0 Å². The Hall–Kier alpha value is -1.56. The molecule has 2 aliphatic rings. The normalized spacial score (nSPS) is 28.9. The van der Waals surface area contributed by atoms with E-state index in [0.29, 0.717) is 6.54 Å². The van der Waals surface area contributed by atoms with Crippen LogP contribution in [0.2, 0.25) is 0 Å². The number of aliphatic hydroxyl groups excluding tert-OH is 1. The summed E-state index contributed by atoms with van der Waals surface area (Å²) in [6.07, 6.45) is 1.64. The summed E-state index contributed by atoms with van der Waals surface area (Å²) in [7, 11) is 1.68. The van der Waals surface area contributed by atoms with E-state index in [0.717, 1.165) is 54.9 Å². The molecule has 2 N–H and O–H groups in total. The van der Waals surface area contributed by atoms with E-state index in [-0.39, 0.29) is 11.7 Å². The summed E-state index contributed by atoms with van der Waals surface area (Å²) < 4.78 is 11.1. The molecule has 0 bridgehead atoms. The number of H-pyrrole nitrogens is 1. The van der Waals surface area contributed by atoms with E-state index in [1.54, 1.807) is 7.11 Å². The molecular weight excluding hydrogens is 280 g/mol.